The van der Waals surface area contributed by atoms with Gasteiger partial charge in [-0.2, -0.15) is 0 Å². The number of carbonyl (C=O) groups is 1. The predicted octanol–water partition coefficient (Wildman–Crippen LogP) is 2.10. The third-order valence-corrected chi connectivity index (χ3v) is 2.86. The van der Waals surface area contributed by atoms with E-state index < -0.39 is 0 Å². The van der Waals surface area contributed by atoms with Gasteiger partial charge in [-0.1, -0.05) is 30.1 Å². The first kappa shape index (κ1) is 14.2. The molecule has 0 aromatic carbocycles. The number of carbonyl (C=O) groups excluding carboxylic acids is 1. The predicted molar refractivity (Wildman–Crippen MR) is 68.1 cm³/mol. The molecule has 5 nitrogen and oxygen atoms in total. The molecule has 0 saturated heterocycles. The standard InChI is InChI=1S/C10H14Cl2N4O/c1-6(3-2-4-13)10(17)16-7-8(11)14-5-15-9(7)12/h5-6H,2-4,13H2,1H3,(H,16,17). The Hall–Kier alpha value is -0.910. The monoisotopic (exact) mass is 276 g/mol. The molecule has 0 saturated carbocycles. The van der Waals surface area contributed by atoms with Crippen molar-refractivity contribution in [1.29, 1.82) is 0 Å². The average molecular weight is 277 g/mol. The quantitative estimate of drug-likeness (QED) is 0.807. The molecule has 0 fully saturated rings. The fraction of sp³-hybridized carbons (Fsp3) is 0.500. The molecule has 1 aromatic heterocycles. The molecule has 0 spiro atoms. The topological polar surface area (TPSA) is 80.9 Å². The van der Waals surface area contributed by atoms with Crippen molar-refractivity contribution >= 4 is 34.8 Å². The molecule has 94 valence electrons. The Bertz CT molecular complexity index is 380. The van der Waals surface area contributed by atoms with Gasteiger partial charge >= 0.3 is 0 Å². The van der Waals surface area contributed by atoms with Crippen molar-refractivity contribution in [3.8, 4) is 0 Å². The van der Waals surface area contributed by atoms with Crippen LogP contribution in [0.15, 0.2) is 6.33 Å². The van der Waals surface area contributed by atoms with Crippen LogP contribution in [0.25, 0.3) is 0 Å². The van der Waals surface area contributed by atoms with Crippen LogP contribution in [0.4, 0.5) is 5.69 Å². The number of rotatable bonds is 5. The van der Waals surface area contributed by atoms with E-state index in [2.05, 4.69) is 15.3 Å². The lowest BCUT2D eigenvalue weighted by Crippen LogP contribution is -2.21. The van der Waals surface area contributed by atoms with E-state index in [1.807, 2.05) is 6.92 Å². The molecule has 7 heteroatoms. The fourth-order valence-electron chi connectivity index (χ4n) is 1.25. The van der Waals surface area contributed by atoms with Crippen LogP contribution in [0.5, 0.6) is 0 Å². The Morgan fingerprint density at radius 2 is 2.06 bits per heavy atom. The van der Waals surface area contributed by atoms with Crippen LogP contribution in [0.1, 0.15) is 19.8 Å². The Balaban J connectivity index is 2.68. The second kappa shape index (κ2) is 6.74. The van der Waals surface area contributed by atoms with Crippen molar-refractivity contribution in [3.63, 3.8) is 0 Å². The lowest BCUT2D eigenvalue weighted by atomic mass is 10.1. The number of halogens is 2. The summed E-state index contributed by atoms with van der Waals surface area (Å²) < 4.78 is 0. The summed E-state index contributed by atoms with van der Waals surface area (Å²) in [5.74, 6) is -0.331. The summed E-state index contributed by atoms with van der Waals surface area (Å²) in [5.41, 5.74) is 5.63. The second-order valence-corrected chi connectivity index (χ2v) is 4.37. The number of hydrogen-bond acceptors (Lipinski definition) is 4. The maximum absolute atomic E-state index is 11.8. The number of hydrogen-bond donors (Lipinski definition) is 2. The number of nitrogens with zero attached hydrogens (tertiary/aromatic N) is 2. The second-order valence-electron chi connectivity index (χ2n) is 3.65. The highest BCUT2D eigenvalue weighted by atomic mass is 35.5. The van der Waals surface area contributed by atoms with Crippen LogP contribution in [-0.2, 0) is 4.79 Å². The van der Waals surface area contributed by atoms with Crippen molar-refractivity contribution in [2.45, 2.75) is 19.8 Å². The zero-order valence-corrected chi connectivity index (χ0v) is 10.9. The third-order valence-electron chi connectivity index (χ3n) is 2.29. The lowest BCUT2D eigenvalue weighted by Gasteiger charge is -2.12. The van der Waals surface area contributed by atoms with Crippen LogP contribution in [0.2, 0.25) is 10.3 Å². The molecule has 1 amide bonds. The smallest absolute Gasteiger partial charge is 0.227 e. The van der Waals surface area contributed by atoms with E-state index >= 15 is 0 Å². The minimum Gasteiger partial charge on any atom is -0.330 e. The van der Waals surface area contributed by atoms with Crippen LogP contribution in [-0.4, -0.2) is 22.4 Å². The minimum absolute atomic E-state index is 0.129. The van der Waals surface area contributed by atoms with E-state index in [9.17, 15) is 4.79 Å². The SMILES string of the molecule is CC(CCCN)C(=O)Nc1c(Cl)ncnc1Cl. The molecular formula is C10H14Cl2N4O. The highest BCUT2D eigenvalue weighted by Gasteiger charge is 2.16. The largest absolute Gasteiger partial charge is 0.330 e. The molecule has 3 N–H and O–H groups in total. The molecule has 0 aliphatic heterocycles. The van der Waals surface area contributed by atoms with Crippen molar-refractivity contribution in [3.05, 3.63) is 16.6 Å². The van der Waals surface area contributed by atoms with Gasteiger partial charge in [-0.15, -0.1) is 0 Å². The molecule has 0 radical (unpaired) electrons. The van der Waals surface area contributed by atoms with Gasteiger partial charge in [0, 0.05) is 5.92 Å². The first-order valence-corrected chi connectivity index (χ1v) is 5.98. The van der Waals surface area contributed by atoms with E-state index in [4.69, 9.17) is 28.9 Å². The van der Waals surface area contributed by atoms with E-state index in [0.29, 0.717) is 13.0 Å². The summed E-state index contributed by atoms with van der Waals surface area (Å²) in [4.78, 5) is 19.3. The van der Waals surface area contributed by atoms with Crippen LogP contribution < -0.4 is 11.1 Å². The molecule has 1 atom stereocenters. The molecule has 17 heavy (non-hydrogen) atoms. The lowest BCUT2D eigenvalue weighted by molar-refractivity contribution is -0.119. The third kappa shape index (κ3) is 4.11. The van der Waals surface area contributed by atoms with Crippen molar-refractivity contribution in [2.75, 3.05) is 11.9 Å². The van der Waals surface area contributed by atoms with Crippen LogP contribution in [0.3, 0.4) is 0 Å². The fourth-order valence-corrected chi connectivity index (χ4v) is 1.66. The van der Waals surface area contributed by atoms with Crippen molar-refractivity contribution in [1.82, 2.24) is 9.97 Å². The van der Waals surface area contributed by atoms with E-state index in [1.54, 1.807) is 0 Å². The molecule has 0 bridgehead atoms. The van der Waals surface area contributed by atoms with Gasteiger partial charge in [0.1, 0.15) is 12.0 Å². The van der Waals surface area contributed by atoms with Gasteiger partial charge < -0.3 is 11.1 Å². The van der Waals surface area contributed by atoms with Crippen molar-refractivity contribution < 1.29 is 4.79 Å². The zero-order valence-electron chi connectivity index (χ0n) is 9.41. The summed E-state index contributed by atoms with van der Waals surface area (Å²) in [6, 6.07) is 0. The Morgan fingerprint density at radius 1 is 1.47 bits per heavy atom. The maximum atomic E-state index is 11.8. The number of anilines is 1. The Kier molecular flexibility index (Phi) is 5.61. The van der Waals surface area contributed by atoms with Gasteiger partial charge in [-0.3, -0.25) is 4.79 Å². The first-order chi connectivity index (χ1) is 8.06. The Labute approximate surface area is 110 Å². The van der Waals surface area contributed by atoms with E-state index in [-0.39, 0.29) is 27.8 Å². The number of nitrogens with one attached hydrogen (secondary N) is 1. The summed E-state index contributed by atoms with van der Waals surface area (Å²) in [7, 11) is 0. The van der Waals surface area contributed by atoms with Gasteiger partial charge in [-0.25, -0.2) is 9.97 Å². The van der Waals surface area contributed by atoms with Gasteiger partial charge in [0.25, 0.3) is 0 Å². The molecule has 1 aromatic rings. The molecular weight excluding hydrogens is 263 g/mol. The van der Waals surface area contributed by atoms with Gasteiger partial charge in [0.2, 0.25) is 5.91 Å². The average Bonchev–Trinajstić information content (AvgIpc) is 2.30. The summed E-state index contributed by atoms with van der Waals surface area (Å²) >= 11 is 11.6. The molecule has 1 unspecified atom stereocenters. The molecule has 1 rings (SSSR count). The molecule has 1 heterocycles. The minimum atomic E-state index is -0.169. The molecule has 0 aliphatic carbocycles. The summed E-state index contributed by atoms with van der Waals surface area (Å²) in [6.45, 7) is 2.38. The van der Waals surface area contributed by atoms with E-state index in [0.717, 1.165) is 6.42 Å². The first-order valence-electron chi connectivity index (χ1n) is 5.23. The zero-order chi connectivity index (χ0) is 12.8. The normalized spacial score (nSPS) is 12.2. The van der Waals surface area contributed by atoms with Crippen molar-refractivity contribution in [2.24, 2.45) is 11.7 Å². The molecule has 0 aliphatic rings. The van der Waals surface area contributed by atoms with Gasteiger partial charge in [0.15, 0.2) is 10.3 Å². The van der Waals surface area contributed by atoms with Crippen LogP contribution in [0, 0.1) is 5.92 Å². The van der Waals surface area contributed by atoms with E-state index in [1.165, 1.54) is 6.33 Å². The highest BCUT2D eigenvalue weighted by molar-refractivity contribution is 6.38. The van der Waals surface area contributed by atoms with Crippen LogP contribution >= 0.6 is 23.2 Å². The Morgan fingerprint density at radius 3 is 2.59 bits per heavy atom. The highest BCUT2D eigenvalue weighted by Crippen LogP contribution is 2.26. The number of aromatic nitrogens is 2. The number of nitrogens with two attached hydrogens (primary N) is 1. The number of amides is 1. The maximum Gasteiger partial charge on any atom is 0.227 e. The van der Waals surface area contributed by atoms with Gasteiger partial charge in [0.05, 0.1) is 0 Å². The summed E-state index contributed by atoms with van der Waals surface area (Å²) in [6.07, 6.45) is 2.74. The summed E-state index contributed by atoms with van der Waals surface area (Å²) in [5, 5.41) is 2.88. The van der Waals surface area contributed by atoms with Gasteiger partial charge in [-0.05, 0) is 19.4 Å².